The maximum atomic E-state index is 11.7. The Hall–Kier alpha value is -0.570. The molecule has 1 saturated carbocycles. The molecule has 1 aliphatic heterocycles. The van der Waals surface area contributed by atoms with Gasteiger partial charge in [0.25, 0.3) is 0 Å². The predicted octanol–water partition coefficient (Wildman–Crippen LogP) is 3.84. The average molecular weight is 312 g/mol. The Labute approximate surface area is 129 Å². The Morgan fingerprint density at radius 1 is 1.25 bits per heavy atom. The molecule has 1 heterocycles. The first kappa shape index (κ1) is 14.4. The van der Waals surface area contributed by atoms with Crippen LogP contribution in [0.3, 0.4) is 0 Å². The molecule has 1 saturated heterocycles. The van der Waals surface area contributed by atoms with Crippen molar-refractivity contribution in [2.45, 2.75) is 31.6 Å². The first-order valence-electron chi connectivity index (χ1n) is 7.21. The molecule has 2 unspecified atom stereocenters. The SMILES string of the molecule is CC(=O)C1CC1C1(c2ccc(Cl)c(Cl)c2)CCNCC1. The topological polar surface area (TPSA) is 29.1 Å². The molecule has 1 aliphatic carbocycles. The van der Waals surface area contributed by atoms with Crippen molar-refractivity contribution in [2.75, 3.05) is 13.1 Å². The van der Waals surface area contributed by atoms with Gasteiger partial charge in [-0.2, -0.15) is 0 Å². The van der Waals surface area contributed by atoms with Gasteiger partial charge in [-0.1, -0.05) is 29.3 Å². The highest BCUT2D eigenvalue weighted by molar-refractivity contribution is 6.42. The third-order valence-electron chi connectivity index (χ3n) is 5.01. The molecular weight excluding hydrogens is 293 g/mol. The molecule has 2 atom stereocenters. The molecule has 0 bridgehead atoms. The summed E-state index contributed by atoms with van der Waals surface area (Å²) in [4.78, 5) is 11.7. The van der Waals surface area contributed by atoms with Crippen molar-refractivity contribution in [1.82, 2.24) is 5.32 Å². The van der Waals surface area contributed by atoms with Gasteiger partial charge in [0.05, 0.1) is 10.0 Å². The number of piperidine rings is 1. The van der Waals surface area contributed by atoms with Gasteiger partial charge in [0.1, 0.15) is 5.78 Å². The maximum Gasteiger partial charge on any atom is 0.133 e. The van der Waals surface area contributed by atoms with Gasteiger partial charge in [-0.25, -0.2) is 0 Å². The van der Waals surface area contributed by atoms with Gasteiger partial charge in [0.15, 0.2) is 0 Å². The fourth-order valence-electron chi connectivity index (χ4n) is 3.81. The first-order chi connectivity index (χ1) is 9.54. The second-order valence-corrected chi connectivity index (χ2v) is 6.91. The van der Waals surface area contributed by atoms with Gasteiger partial charge >= 0.3 is 0 Å². The van der Waals surface area contributed by atoms with E-state index in [0.717, 1.165) is 32.4 Å². The average Bonchev–Trinajstić information content (AvgIpc) is 3.23. The summed E-state index contributed by atoms with van der Waals surface area (Å²) in [6, 6.07) is 5.98. The van der Waals surface area contributed by atoms with Crippen LogP contribution in [0.5, 0.6) is 0 Å². The number of benzene rings is 1. The minimum atomic E-state index is 0.0931. The fraction of sp³-hybridized carbons (Fsp3) is 0.562. The third-order valence-corrected chi connectivity index (χ3v) is 5.75. The van der Waals surface area contributed by atoms with Crippen LogP contribution in [0, 0.1) is 11.8 Å². The quantitative estimate of drug-likeness (QED) is 0.919. The Bertz CT molecular complexity index is 537. The van der Waals surface area contributed by atoms with E-state index in [-0.39, 0.29) is 11.3 Å². The lowest BCUT2D eigenvalue weighted by Crippen LogP contribution is -2.42. The highest BCUT2D eigenvalue weighted by Crippen LogP contribution is 2.57. The van der Waals surface area contributed by atoms with Gasteiger partial charge in [-0.15, -0.1) is 0 Å². The van der Waals surface area contributed by atoms with Crippen LogP contribution in [0.15, 0.2) is 18.2 Å². The largest absolute Gasteiger partial charge is 0.317 e. The van der Waals surface area contributed by atoms with E-state index < -0.39 is 0 Å². The molecule has 2 aliphatic rings. The summed E-state index contributed by atoms with van der Waals surface area (Å²) in [6.07, 6.45) is 3.16. The molecule has 0 radical (unpaired) electrons. The van der Waals surface area contributed by atoms with Gasteiger partial charge in [0.2, 0.25) is 0 Å². The molecule has 1 aromatic rings. The molecule has 0 amide bonds. The zero-order chi connectivity index (χ0) is 14.3. The lowest BCUT2D eigenvalue weighted by molar-refractivity contribution is -0.118. The number of rotatable bonds is 3. The highest BCUT2D eigenvalue weighted by Gasteiger charge is 2.55. The van der Waals surface area contributed by atoms with Gasteiger partial charge in [-0.05, 0) is 62.9 Å². The second kappa shape index (κ2) is 5.32. The molecular formula is C16H19Cl2NO. The van der Waals surface area contributed by atoms with E-state index in [2.05, 4.69) is 11.4 Å². The maximum absolute atomic E-state index is 11.7. The van der Waals surface area contributed by atoms with Crippen LogP contribution in [0.2, 0.25) is 10.0 Å². The van der Waals surface area contributed by atoms with Crippen molar-refractivity contribution in [1.29, 1.82) is 0 Å². The fourth-order valence-corrected chi connectivity index (χ4v) is 4.11. The third kappa shape index (κ3) is 2.38. The first-order valence-corrected chi connectivity index (χ1v) is 7.97. The highest BCUT2D eigenvalue weighted by atomic mass is 35.5. The lowest BCUT2D eigenvalue weighted by atomic mass is 9.68. The summed E-state index contributed by atoms with van der Waals surface area (Å²) in [7, 11) is 0. The van der Waals surface area contributed by atoms with E-state index in [1.165, 1.54) is 5.56 Å². The van der Waals surface area contributed by atoms with Crippen molar-refractivity contribution in [3.05, 3.63) is 33.8 Å². The zero-order valence-corrected chi connectivity index (χ0v) is 13.1. The van der Waals surface area contributed by atoms with Crippen LogP contribution in [0.1, 0.15) is 31.7 Å². The molecule has 2 nitrogen and oxygen atoms in total. The summed E-state index contributed by atoms with van der Waals surface area (Å²) >= 11 is 12.2. The predicted molar refractivity (Wildman–Crippen MR) is 82.5 cm³/mol. The van der Waals surface area contributed by atoms with Crippen molar-refractivity contribution >= 4 is 29.0 Å². The van der Waals surface area contributed by atoms with Crippen LogP contribution in [0.4, 0.5) is 0 Å². The standard InChI is InChI=1S/C16H19Cl2NO/c1-10(20)12-9-13(12)16(4-6-19-7-5-16)11-2-3-14(17)15(18)8-11/h2-3,8,12-13,19H,4-7,9H2,1H3. The van der Waals surface area contributed by atoms with E-state index in [1.54, 1.807) is 6.92 Å². The van der Waals surface area contributed by atoms with Crippen molar-refractivity contribution in [3.63, 3.8) is 0 Å². The number of carbonyl (C=O) groups excluding carboxylic acids is 1. The Kier molecular flexibility index (Phi) is 3.83. The Morgan fingerprint density at radius 3 is 2.50 bits per heavy atom. The van der Waals surface area contributed by atoms with Gasteiger partial charge in [0, 0.05) is 11.3 Å². The van der Waals surface area contributed by atoms with Crippen molar-refractivity contribution in [3.8, 4) is 0 Å². The molecule has 108 valence electrons. The molecule has 0 aromatic heterocycles. The number of halogens is 2. The smallest absolute Gasteiger partial charge is 0.133 e. The Balaban J connectivity index is 1.97. The Morgan fingerprint density at radius 2 is 1.95 bits per heavy atom. The minimum absolute atomic E-state index is 0.0931. The summed E-state index contributed by atoms with van der Waals surface area (Å²) in [6.45, 7) is 3.72. The van der Waals surface area contributed by atoms with Crippen LogP contribution >= 0.6 is 23.2 Å². The zero-order valence-electron chi connectivity index (χ0n) is 11.6. The molecule has 1 aromatic carbocycles. The van der Waals surface area contributed by atoms with E-state index in [0.29, 0.717) is 21.7 Å². The van der Waals surface area contributed by atoms with E-state index in [4.69, 9.17) is 23.2 Å². The molecule has 1 N–H and O–H groups in total. The number of carbonyl (C=O) groups is 1. The summed E-state index contributed by atoms with van der Waals surface area (Å²) in [5, 5.41) is 4.63. The minimum Gasteiger partial charge on any atom is -0.317 e. The van der Waals surface area contributed by atoms with Crippen LogP contribution in [-0.2, 0) is 10.2 Å². The number of hydrogen-bond acceptors (Lipinski definition) is 2. The van der Waals surface area contributed by atoms with E-state index >= 15 is 0 Å². The molecule has 2 fully saturated rings. The lowest BCUT2D eigenvalue weighted by Gasteiger charge is -2.39. The number of hydrogen-bond donors (Lipinski definition) is 1. The molecule has 20 heavy (non-hydrogen) atoms. The second-order valence-electron chi connectivity index (χ2n) is 6.09. The van der Waals surface area contributed by atoms with Crippen molar-refractivity contribution < 1.29 is 4.79 Å². The summed E-state index contributed by atoms with van der Waals surface area (Å²) in [5.41, 5.74) is 1.35. The van der Waals surface area contributed by atoms with Crippen LogP contribution in [0.25, 0.3) is 0 Å². The van der Waals surface area contributed by atoms with E-state index in [9.17, 15) is 4.79 Å². The monoisotopic (exact) mass is 311 g/mol. The number of nitrogens with one attached hydrogen (secondary N) is 1. The normalized spacial score (nSPS) is 28.1. The van der Waals surface area contributed by atoms with Gasteiger partial charge in [-0.3, -0.25) is 4.79 Å². The molecule has 4 heteroatoms. The molecule has 0 spiro atoms. The van der Waals surface area contributed by atoms with E-state index in [1.807, 2.05) is 12.1 Å². The number of ketones is 1. The summed E-state index contributed by atoms with van der Waals surface area (Å²) < 4.78 is 0. The number of Topliss-reactive ketones (excluding diaryl/α,β-unsaturated/α-hetero) is 1. The van der Waals surface area contributed by atoms with Crippen LogP contribution < -0.4 is 5.32 Å². The molecule has 3 rings (SSSR count). The van der Waals surface area contributed by atoms with Gasteiger partial charge < -0.3 is 5.32 Å². The van der Waals surface area contributed by atoms with Crippen LogP contribution in [-0.4, -0.2) is 18.9 Å². The summed E-state index contributed by atoms with van der Waals surface area (Å²) in [5.74, 6) is 1.04. The van der Waals surface area contributed by atoms with Crippen molar-refractivity contribution in [2.24, 2.45) is 11.8 Å².